The Hall–Kier alpha value is -0.630. The van der Waals surface area contributed by atoms with Crippen molar-refractivity contribution in [2.75, 3.05) is 0 Å². The van der Waals surface area contributed by atoms with Crippen LogP contribution in [0.2, 0.25) is 5.15 Å². The Morgan fingerprint density at radius 3 is 2.47 bits per heavy atom. The lowest BCUT2D eigenvalue weighted by molar-refractivity contribution is 0.254. The van der Waals surface area contributed by atoms with Crippen molar-refractivity contribution < 1.29 is 0 Å². The quantitative estimate of drug-likeness (QED) is 0.724. The first-order valence-corrected chi connectivity index (χ1v) is 8.01. The molecule has 0 aliphatic heterocycles. The predicted molar refractivity (Wildman–Crippen MR) is 80.6 cm³/mol. The van der Waals surface area contributed by atoms with E-state index >= 15 is 0 Å². The monoisotopic (exact) mass is 280 g/mol. The van der Waals surface area contributed by atoms with Gasteiger partial charge in [-0.2, -0.15) is 0 Å². The highest BCUT2D eigenvalue weighted by molar-refractivity contribution is 6.29. The SMILES string of the molecule is CCCc1cc(Cl)nc(C2CCC(C(C)C)CC2)n1. The molecule has 0 radical (unpaired) electrons. The van der Waals surface area contributed by atoms with E-state index in [1.54, 1.807) is 0 Å². The number of hydrogen-bond acceptors (Lipinski definition) is 2. The highest BCUT2D eigenvalue weighted by Gasteiger charge is 2.26. The minimum Gasteiger partial charge on any atom is -0.238 e. The molecule has 0 bridgehead atoms. The van der Waals surface area contributed by atoms with E-state index in [4.69, 9.17) is 16.6 Å². The van der Waals surface area contributed by atoms with Crippen molar-refractivity contribution in [2.24, 2.45) is 11.8 Å². The summed E-state index contributed by atoms with van der Waals surface area (Å²) in [4.78, 5) is 9.19. The lowest BCUT2D eigenvalue weighted by Gasteiger charge is -2.30. The van der Waals surface area contributed by atoms with Crippen LogP contribution in [0.15, 0.2) is 6.07 Å². The van der Waals surface area contributed by atoms with Gasteiger partial charge in [0, 0.05) is 11.6 Å². The second kappa shape index (κ2) is 6.69. The fourth-order valence-corrected chi connectivity index (χ4v) is 3.31. The number of nitrogens with zero attached hydrogens (tertiary/aromatic N) is 2. The molecule has 3 heteroatoms. The molecule has 1 fully saturated rings. The van der Waals surface area contributed by atoms with Crippen LogP contribution in [0.1, 0.15) is 70.3 Å². The maximum Gasteiger partial charge on any atom is 0.133 e. The predicted octanol–water partition coefficient (Wildman–Crippen LogP) is 5.01. The fraction of sp³-hybridized carbons (Fsp3) is 0.750. The van der Waals surface area contributed by atoms with Crippen LogP contribution >= 0.6 is 11.6 Å². The van der Waals surface area contributed by atoms with Crippen LogP contribution in [-0.4, -0.2) is 9.97 Å². The Balaban J connectivity index is 2.06. The molecule has 0 unspecified atom stereocenters. The summed E-state index contributed by atoms with van der Waals surface area (Å²) in [6, 6.07) is 1.91. The van der Waals surface area contributed by atoms with Crippen LogP contribution in [-0.2, 0) is 6.42 Å². The van der Waals surface area contributed by atoms with Crippen molar-refractivity contribution in [3.8, 4) is 0 Å². The van der Waals surface area contributed by atoms with Crippen LogP contribution in [0, 0.1) is 11.8 Å². The van der Waals surface area contributed by atoms with Crippen LogP contribution in [0.25, 0.3) is 0 Å². The lowest BCUT2D eigenvalue weighted by Crippen LogP contribution is -2.19. The summed E-state index contributed by atoms with van der Waals surface area (Å²) in [5.74, 6) is 3.19. The van der Waals surface area contributed by atoms with E-state index in [0.717, 1.165) is 36.2 Å². The lowest BCUT2D eigenvalue weighted by atomic mass is 9.77. The summed E-state index contributed by atoms with van der Waals surface area (Å²) in [6.07, 6.45) is 7.15. The first kappa shape index (κ1) is 14.8. The van der Waals surface area contributed by atoms with Crippen LogP contribution < -0.4 is 0 Å². The van der Waals surface area contributed by atoms with E-state index < -0.39 is 0 Å². The first-order chi connectivity index (χ1) is 9.10. The Morgan fingerprint density at radius 1 is 1.21 bits per heavy atom. The molecule has 0 aromatic carbocycles. The van der Waals surface area contributed by atoms with Gasteiger partial charge in [-0.1, -0.05) is 38.8 Å². The normalized spacial score (nSPS) is 23.8. The van der Waals surface area contributed by atoms with Crippen molar-refractivity contribution >= 4 is 11.6 Å². The maximum atomic E-state index is 6.13. The summed E-state index contributed by atoms with van der Waals surface area (Å²) >= 11 is 6.13. The Labute approximate surface area is 122 Å². The van der Waals surface area contributed by atoms with Gasteiger partial charge in [0.2, 0.25) is 0 Å². The molecule has 106 valence electrons. The summed E-state index contributed by atoms with van der Waals surface area (Å²) in [5, 5.41) is 0.611. The van der Waals surface area contributed by atoms with Gasteiger partial charge in [0.25, 0.3) is 0 Å². The van der Waals surface area contributed by atoms with E-state index in [-0.39, 0.29) is 0 Å². The van der Waals surface area contributed by atoms with Crippen molar-refractivity contribution in [3.63, 3.8) is 0 Å². The number of halogens is 1. The summed E-state index contributed by atoms with van der Waals surface area (Å²) < 4.78 is 0. The summed E-state index contributed by atoms with van der Waals surface area (Å²) in [6.45, 7) is 6.84. The summed E-state index contributed by atoms with van der Waals surface area (Å²) in [5.41, 5.74) is 1.10. The third-order valence-electron chi connectivity index (χ3n) is 4.35. The molecule has 0 amide bonds. The van der Waals surface area contributed by atoms with Gasteiger partial charge in [-0.05, 0) is 50.0 Å². The summed E-state index contributed by atoms with van der Waals surface area (Å²) in [7, 11) is 0. The largest absolute Gasteiger partial charge is 0.238 e. The van der Waals surface area contributed by atoms with E-state index in [9.17, 15) is 0 Å². The standard InChI is InChI=1S/C16H25ClN2/c1-4-5-14-10-15(17)19-16(18-14)13-8-6-12(7-9-13)11(2)3/h10-13H,4-9H2,1-3H3. The van der Waals surface area contributed by atoms with Gasteiger partial charge in [-0.15, -0.1) is 0 Å². The van der Waals surface area contributed by atoms with Crippen LogP contribution in [0.3, 0.4) is 0 Å². The van der Waals surface area contributed by atoms with E-state index in [1.165, 1.54) is 25.7 Å². The molecule has 1 aliphatic rings. The fourth-order valence-electron chi connectivity index (χ4n) is 3.09. The molecular weight excluding hydrogens is 256 g/mol. The number of aromatic nitrogens is 2. The van der Waals surface area contributed by atoms with Crippen LogP contribution in [0.5, 0.6) is 0 Å². The molecule has 2 rings (SSSR count). The molecule has 0 atom stereocenters. The van der Waals surface area contributed by atoms with Gasteiger partial charge in [0.05, 0.1) is 0 Å². The molecule has 0 spiro atoms. The minimum atomic E-state index is 0.518. The van der Waals surface area contributed by atoms with E-state index in [0.29, 0.717) is 11.1 Å². The van der Waals surface area contributed by atoms with Gasteiger partial charge in [-0.25, -0.2) is 9.97 Å². The van der Waals surface area contributed by atoms with Gasteiger partial charge in [0.15, 0.2) is 0 Å². The third-order valence-corrected chi connectivity index (χ3v) is 4.54. The average molecular weight is 281 g/mol. The zero-order valence-corrected chi connectivity index (χ0v) is 13.1. The van der Waals surface area contributed by atoms with Crippen molar-refractivity contribution in [3.05, 3.63) is 22.7 Å². The Kier molecular flexibility index (Phi) is 5.20. The van der Waals surface area contributed by atoms with E-state index in [2.05, 4.69) is 25.8 Å². The Morgan fingerprint density at radius 2 is 1.89 bits per heavy atom. The minimum absolute atomic E-state index is 0.518. The van der Waals surface area contributed by atoms with Crippen molar-refractivity contribution in [1.29, 1.82) is 0 Å². The highest BCUT2D eigenvalue weighted by Crippen LogP contribution is 2.37. The van der Waals surface area contributed by atoms with Crippen molar-refractivity contribution in [1.82, 2.24) is 9.97 Å². The van der Waals surface area contributed by atoms with Gasteiger partial charge >= 0.3 is 0 Å². The number of rotatable bonds is 4. The molecule has 1 aromatic heterocycles. The molecule has 1 saturated carbocycles. The second-order valence-electron chi connectivity index (χ2n) is 6.15. The van der Waals surface area contributed by atoms with E-state index in [1.807, 2.05) is 6.07 Å². The Bertz CT molecular complexity index is 409. The molecule has 2 nitrogen and oxygen atoms in total. The molecule has 19 heavy (non-hydrogen) atoms. The van der Waals surface area contributed by atoms with Gasteiger partial charge in [0.1, 0.15) is 11.0 Å². The number of hydrogen-bond donors (Lipinski definition) is 0. The zero-order valence-electron chi connectivity index (χ0n) is 12.3. The van der Waals surface area contributed by atoms with Gasteiger partial charge in [-0.3, -0.25) is 0 Å². The van der Waals surface area contributed by atoms with Crippen LogP contribution in [0.4, 0.5) is 0 Å². The van der Waals surface area contributed by atoms with Crippen molar-refractivity contribution in [2.45, 2.75) is 65.2 Å². The second-order valence-corrected chi connectivity index (χ2v) is 6.53. The number of aryl methyl sites for hydroxylation is 1. The molecular formula is C16H25ClN2. The highest BCUT2D eigenvalue weighted by atomic mass is 35.5. The van der Waals surface area contributed by atoms with Gasteiger partial charge < -0.3 is 0 Å². The molecule has 1 aromatic rings. The molecule has 0 N–H and O–H groups in total. The maximum absolute atomic E-state index is 6.13. The third kappa shape index (κ3) is 3.92. The molecule has 1 aliphatic carbocycles. The molecule has 0 saturated heterocycles. The topological polar surface area (TPSA) is 25.8 Å². The smallest absolute Gasteiger partial charge is 0.133 e. The first-order valence-electron chi connectivity index (χ1n) is 7.63. The zero-order chi connectivity index (χ0) is 13.8. The average Bonchev–Trinajstić information content (AvgIpc) is 2.38. The molecule has 1 heterocycles.